The Morgan fingerprint density at radius 1 is 0.500 bits per heavy atom. The smallest absolute Gasteiger partial charge is 0.0963 e. The van der Waals surface area contributed by atoms with Crippen LogP contribution in [0.1, 0.15) is 96.7 Å². The predicted molar refractivity (Wildman–Crippen MR) is 256 cm³/mol. The van der Waals surface area contributed by atoms with Crippen LogP contribution in [0.25, 0.3) is 23.3 Å². The third-order valence-corrected chi connectivity index (χ3v) is 14.8. The van der Waals surface area contributed by atoms with Crippen molar-refractivity contribution in [2.24, 2.45) is 20.0 Å². The highest BCUT2D eigenvalue weighted by Gasteiger charge is 2.30. The molecule has 6 aliphatic rings. The van der Waals surface area contributed by atoms with E-state index in [1.165, 1.54) is 55.9 Å². The Hall–Kier alpha value is -6.54. The number of aliphatic imine (C=N–C) groups is 4. The summed E-state index contributed by atoms with van der Waals surface area (Å²) < 4.78 is 0. The number of H-pyrrole nitrogens is 4. The Balaban J connectivity index is 1.08. The van der Waals surface area contributed by atoms with Gasteiger partial charge in [0.25, 0.3) is 0 Å². The third-order valence-electron chi connectivity index (χ3n) is 14.8. The van der Waals surface area contributed by atoms with Gasteiger partial charge in [-0.2, -0.15) is 0 Å². The Morgan fingerprint density at radius 2 is 0.952 bits per heavy atom. The average Bonchev–Trinajstić information content (AvgIpc) is 4.16. The first kappa shape index (κ1) is 38.4. The molecule has 0 fully saturated rings. The van der Waals surface area contributed by atoms with Gasteiger partial charge in [0.05, 0.1) is 24.2 Å². The van der Waals surface area contributed by atoms with Crippen LogP contribution in [-0.4, -0.2) is 67.0 Å². The summed E-state index contributed by atoms with van der Waals surface area (Å²) in [5.41, 5.74) is 24.2. The highest BCUT2D eigenvalue weighted by molar-refractivity contribution is 6.18. The first-order chi connectivity index (χ1) is 29.9. The van der Waals surface area contributed by atoms with E-state index in [9.17, 15) is 0 Å². The molecule has 6 aliphatic heterocycles. The number of aromatic amines is 4. The lowest BCUT2D eigenvalue weighted by molar-refractivity contribution is 0.759. The van der Waals surface area contributed by atoms with Gasteiger partial charge in [-0.25, -0.2) is 0 Å². The van der Waals surface area contributed by atoms with Gasteiger partial charge in [0, 0.05) is 104 Å². The molecule has 1 aromatic carbocycles. The number of hydrogen-bond acceptors (Lipinski definition) is 4. The molecule has 5 aromatic rings. The Morgan fingerprint density at radius 3 is 1.40 bits per heavy atom. The molecule has 8 nitrogen and oxygen atoms in total. The molecule has 0 radical (unpaired) electrons. The van der Waals surface area contributed by atoms with Gasteiger partial charge in [0.15, 0.2) is 0 Å². The lowest BCUT2D eigenvalue weighted by Gasteiger charge is -2.16. The summed E-state index contributed by atoms with van der Waals surface area (Å²) in [7, 11) is 0. The molecule has 0 saturated heterocycles. The van der Waals surface area contributed by atoms with Crippen molar-refractivity contribution < 1.29 is 0 Å². The summed E-state index contributed by atoms with van der Waals surface area (Å²) in [6, 6.07) is 17.8. The molecule has 0 saturated carbocycles. The maximum absolute atomic E-state index is 5.43. The number of nitrogens with zero attached hydrogens (tertiary/aromatic N) is 4. The zero-order chi connectivity index (χ0) is 42.6. The second-order valence-corrected chi connectivity index (χ2v) is 18.3. The van der Waals surface area contributed by atoms with E-state index < -0.39 is 0 Å². The minimum atomic E-state index is -0.165. The van der Waals surface area contributed by atoms with Crippen LogP contribution in [0.3, 0.4) is 0 Å². The van der Waals surface area contributed by atoms with Crippen LogP contribution in [0, 0.1) is 27.7 Å². The molecule has 4 N–H and O–H groups in total. The number of nitrogens with one attached hydrogen (secondary N) is 4. The van der Waals surface area contributed by atoms with E-state index in [1.54, 1.807) is 0 Å². The maximum Gasteiger partial charge on any atom is 0.0963 e. The number of allylic oxidation sites excluding steroid dienone is 4. The summed E-state index contributed by atoms with van der Waals surface area (Å²) in [5, 5.41) is 4.21. The summed E-state index contributed by atoms with van der Waals surface area (Å²) in [6.07, 6.45) is 16.6. The zero-order valence-electron chi connectivity index (χ0n) is 37.0. The van der Waals surface area contributed by atoms with Gasteiger partial charge in [0.1, 0.15) is 0 Å². The second-order valence-electron chi connectivity index (χ2n) is 18.3. The summed E-state index contributed by atoms with van der Waals surface area (Å²) in [5.74, 6) is 0. The van der Waals surface area contributed by atoms with E-state index in [0.29, 0.717) is 0 Å². The molecule has 0 aliphatic carbocycles. The minimum absolute atomic E-state index is 0.134. The van der Waals surface area contributed by atoms with Crippen LogP contribution in [0.2, 0.25) is 0 Å². The van der Waals surface area contributed by atoms with E-state index >= 15 is 0 Å². The predicted octanol–water partition coefficient (Wildman–Crippen LogP) is 7.26. The molecule has 4 unspecified atom stereocenters. The van der Waals surface area contributed by atoms with Crippen LogP contribution >= 0.6 is 0 Å². The van der Waals surface area contributed by atoms with Crippen molar-refractivity contribution in [1.29, 1.82) is 0 Å². The molecule has 16 bridgehead atoms. The fraction of sp³-hybridized carbons (Fsp3) is 0.296. The van der Waals surface area contributed by atoms with Crippen LogP contribution in [-0.2, 0) is 12.8 Å². The Labute approximate surface area is 362 Å². The number of rotatable bonds is 2. The first-order valence-corrected chi connectivity index (χ1v) is 22.2. The molecule has 310 valence electrons. The van der Waals surface area contributed by atoms with Crippen molar-refractivity contribution in [2.45, 2.75) is 105 Å². The van der Waals surface area contributed by atoms with Crippen molar-refractivity contribution in [3.63, 3.8) is 0 Å². The third kappa shape index (κ3) is 6.41. The summed E-state index contributed by atoms with van der Waals surface area (Å²) >= 11 is 0. The van der Waals surface area contributed by atoms with Gasteiger partial charge in [0.2, 0.25) is 0 Å². The van der Waals surface area contributed by atoms with Crippen LogP contribution in [0.15, 0.2) is 115 Å². The van der Waals surface area contributed by atoms with Gasteiger partial charge in [-0.15, -0.1) is 0 Å². The molecular formula is C54H54N8. The highest BCUT2D eigenvalue weighted by Crippen LogP contribution is 2.33. The number of aromatic nitrogens is 4. The monoisotopic (exact) mass is 814 g/mol. The second kappa shape index (κ2) is 14.5. The van der Waals surface area contributed by atoms with E-state index in [2.05, 4.69) is 160 Å². The van der Waals surface area contributed by atoms with Crippen molar-refractivity contribution in [2.75, 3.05) is 0 Å². The molecule has 11 rings (SSSR count). The van der Waals surface area contributed by atoms with Gasteiger partial charge in [-0.3, -0.25) is 20.0 Å². The minimum Gasteiger partial charge on any atom is -0.358 e. The van der Waals surface area contributed by atoms with Crippen molar-refractivity contribution in [3.05, 3.63) is 173 Å². The van der Waals surface area contributed by atoms with Crippen molar-refractivity contribution in [3.8, 4) is 0 Å². The highest BCUT2D eigenvalue weighted by atomic mass is 14.9. The molecule has 62 heavy (non-hydrogen) atoms. The molecule has 0 spiro atoms. The normalized spacial score (nSPS) is 24.3. The zero-order valence-corrected chi connectivity index (χ0v) is 37.0. The molecule has 10 heterocycles. The largest absolute Gasteiger partial charge is 0.358 e. The van der Waals surface area contributed by atoms with Crippen LogP contribution in [0.4, 0.5) is 0 Å². The van der Waals surface area contributed by atoms with Crippen LogP contribution < -0.4 is 21.4 Å². The summed E-state index contributed by atoms with van der Waals surface area (Å²) in [4.78, 5) is 36.7. The molecular weight excluding hydrogens is 761 g/mol. The van der Waals surface area contributed by atoms with Gasteiger partial charge < -0.3 is 19.9 Å². The van der Waals surface area contributed by atoms with Crippen molar-refractivity contribution >= 4 is 46.1 Å². The maximum atomic E-state index is 5.43. The van der Waals surface area contributed by atoms with E-state index in [1.807, 2.05) is 0 Å². The Kier molecular flexibility index (Phi) is 9.00. The van der Waals surface area contributed by atoms with Gasteiger partial charge in [-0.1, -0.05) is 30.4 Å². The molecule has 4 aromatic heterocycles. The summed E-state index contributed by atoms with van der Waals surface area (Å²) in [6.45, 7) is 17.9. The fourth-order valence-corrected chi connectivity index (χ4v) is 10.4. The number of hydrogen-bond donors (Lipinski definition) is 4. The van der Waals surface area contributed by atoms with E-state index in [0.717, 1.165) is 104 Å². The first-order valence-electron chi connectivity index (χ1n) is 22.2. The van der Waals surface area contributed by atoms with E-state index in [4.69, 9.17) is 20.0 Å². The van der Waals surface area contributed by atoms with Gasteiger partial charge >= 0.3 is 0 Å². The quantitative estimate of drug-likeness (QED) is 0.144. The number of fused-ring (bicyclic) bond motifs is 12. The van der Waals surface area contributed by atoms with Crippen LogP contribution in [0.5, 0.6) is 0 Å². The Bertz CT molecular complexity index is 3080. The lowest BCUT2D eigenvalue weighted by Crippen LogP contribution is -2.21. The lowest BCUT2D eigenvalue weighted by atomic mass is 9.92. The SMILES string of the molecule is CC1=C(C)C2Cc3[nH]c(c(C)c3C)C=c3cc/c([nH]3)=C(\c3cccc(C4=c5cc/c([nH]5)=C/c5[nH]c(c(C)c5C)CC5N=C(CC6=NC4C=C6)C(C)=C5C)c3)C3C=CC(=N3)CC1=N2. The van der Waals surface area contributed by atoms with Crippen molar-refractivity contribution in [1.82, 2.24) is 19.9 Å². The molecule has 4 atom stereocenters. The number of benzene rings is 1. The average molecular weight is 815 g/mol. The topological polar surface area (TPSA) is 113 Å². The molecule has 8 heteroatoms. The van der Waals surface area contributed by atoms with E-state index in [-0.39, 0.29) is 24.2 Å². The van der Waals surface area contributed by atoms with Gasteiger partial charge in [-0.05, 0) is 166 Å². The standard InChI is InChI=1S/C54H54N8/c1-27-31(5)49-25-50-32(6)28(2)46(60-50)22-38-13-17-42(56-38)53(41-16-12-37(55-41)21-45(27)59-49)35-10-9-11-36(20-35)54-43-18-14-39(57-43)23-47-29(3)33(7)51(61-47)26-52-34(8)30(4)48(62-52)24-40-15-19-44(54)58-40/h9-21,23,42,44,50,52,55,57,59,61H,22,24-26H2,1-8H3/b37-21-,39-23?,53-41?,54-43-. The molecule has 0 amide bonds. The fourth-order valence-electron chi connectivity index (χ4n) is 10.4.